The molecule has 0 saturated carbocycles. The number of anilines is 1. The quantitative estimate of drug-likeness (QED) is 0.320. The Labute approximate surface area is 215 Å². The first kappa shape index (κ1) is 27.3. The molecule has 2 aromatic carbocycles. The number of nitrogens with zero attached hydrogens (tertiary/aromatic N) is 2. The molecule has 3 rings (SSSR count). The Balaban J connectivity index is 1.82. The van der Waals surface area contributed by atoms with Gasteiger partial charge in [-0.1, -0.05) is 72.4 Å². The van der Waals surface area contributed by atoms with Crippen molar-refractivity contribution in [2.45, 2.75) is 56.9 Å². The number of unbranched alkanes of at least 4 members (excludes halogenated alkanes) is 4. The van der Waals surface area contributed by atoms with Crippen molar-refractivity contribution >= 4 is 56.0 Å². The van der Waals surface area contributed by atoms with E-state index < -0.39 is 17.0 Å². The van der Waals surface area contributed by atoms with Crippen LogP contribution in [-0.2, 0) is 15.8 Å². The van der Waals surface area contributed by atoms with Crippen LogP contribution in [0.3, 0.4) is 0 Å². The fourth-order valence-electron chi connectivity index (χ4n) is 3.59. The van der Waals surface area contributed by atoms with Crippen molar-refractivity contribution in [3.05, 3.63) is 58.6 Å². The molecule has 1 N–H and O–H groups in total. The summed E-state index contributed by atoms with van der Waals surface area (Å²) in [5, 5.41) is 2.30. The zero-order valence-electron chi connectivity index (χ0n) is 19.3. The minimum atomic E-state index is -4.50. The molecule has 0 aliphatic carbocycles. The smallest absolute Gasteiger partial charge is 0.325 e. The second kappa shape index (κ2) is 12.6. The monoisotopic (exact) mass is 569 g/mol. The van der Waals surface area contributed by atoms with E-state index in [0.29, 0.717) is 12.2 Å². The highest BCUT2D eigenvalue weighted by Gasteiger charge is 2.36. The van der Waals surface area contributed by atoms with E-state index in [2.05, 4.69) is 33.2 Å². The maximum absolute atomic E-state index is 13.2. The van der Waals surface area contributed by atoms with Crippen LogP contribution < -0.4 is 5.32 Å². The highest BCUT2D eigenvalue weighted by atomic mass is 79.9. The van der Waals surface area contributed by atoms with Crippen LogP contribution in [-0.4, -0.2) is 33.7 Å². The van der Waals surface area contributed by atoms with Crippen molar-refractivity contribution in [2.24, 2.45) is 4.99 Å². The highest BCUT2D eigenvalue weighted by Crippen LogP contribution is 2.34. The summed E-state index contributed by atoms with van der Waals surface area (Å²) < 4.78 is 40.3. The van der Waals surface area contributed by atoms with Gasteiger partial charge in [0.05, 0.1) is 11.3 Å². The normalized spacial score (nSPS) is 17.6. The standard InChI is InChI=1S/C25H27BrF3N3O2S/c1-2-3-4-5-6-13-32-22(33)16-21(23(34)30-20-12-8-10-18(26)15-20)35-24(32)31-19-11-7-9-17(14-19)25(27,28)29/h7-12,14-15,21H,2-6,13,16H2,1H3,(H,30,34). The predicted molar refractivity (Wildman–Crippen MR) is 138 cm³/mol. The van der Waals surface area contributed by atoms with Gasteiger partial charge in [0.2, 0.25) is 11.8 Å². The van der Waals surface area contributed by atoms with Gasteiger partial charge in [-0.25, -0.2) is 4.99 Å². The number of amidine groups is 1. The summed E-state index contributed by atoms with van der Waals surface area (Å²) in [4.78, 5) is 31.8. The summed E-state index contributed by atoms with van der Waals surface area (Å²) in [5.74, 6) is -0.625. The number of alkyl halides is 3. The van der Waals surface area contributed by atoms with Gasteiger partial charge in [0.25, 0.3) is 0 Å². The van der Waals surface area contributed by atoms with Crippen molar-refractivity contribution in [1.29, 1.82) is 0 Å². The SMILES string of the molecule is CCCCCCCN1C(=O)CC(C(=O)Nc2cccc(Br)c2)SC1=Nc1cccc(C(F)(F)F)c1. The number of carbonyl (C=O) groups is 2. The van der Waals surface area contributed by atoms with Gasteiger partial charge in [0, 0.05) is 23.1 Å². The van der Waals surface area contributed by atoms with Crippen LogP contribution in [0.25, 0.3) is 0 Å². The predicted octanol–water partition coefficient (Wildman–Crippen LogP) is 7.40. The molecule has 0 bridgehead atoms. The number of amides is 2. The molecule has 2 aromatic rings. The third-order valence-corrected chi connectivity index (χ3v) is 7.09. The Bertz CT molecular complexity index is 1080. The lowest BCUT2D eigenvalue weighted by Crippen LogP contribution is -2.45. The lowest BCUT2D eigenvalue weighted by Gasteiger charge is -2.32. The fourth-order valence-corrected chi connectivity index (χ4v) is 5.11. The topological polar surface area (TPSA) is 61.8 Å². The molecule has 5 nitrogen and oxygen atoms in total. The van der Waals surface area contributed by atoms with E-state index in [1.807, 2.05) is 6.07 Å². The first-order valence-corrected chi connectivity index (χ1v) is 13.1. The average molecular weight is 570 g/mol. The van der Waals surface area contributed by atoms with E-state index in [9.17, 15) is 22.8 Å². The van der Waals surface area contributed by atoms with Crippen LogP contribution in [0, 0.1) is 0 Å². The second-order valence-corrected chi connectivity index (χ2v) is 10.3. The van der Waals surface area contributed by atoms with Crippen molar-refractivity contribution in [2.75, 3.05) is 11.9 Å². The van der Waals surface area contributed by atoms with Gasteiger partial charge in [-0.3, -0.25) is 14.5 Å². The highest BCUT2D eigenvalue weighted by molar-refractivity contribution is 9.10. The van der Waals surface area contributed by atoms with E-state index in [0.717, 1.165) is 60.5 Å². The van der Waals surface area contributed by atoms with E-state index >= 15 is 0 Å². The minimum absolute atomic E-state index is 0.0128. The summed E-state index contributed by atoms with van der Waals surface area (Å²) >= 11 is 4.46. The number of benzene rings is 2. The van der Waals surface area contributed by atoms with Gasteiger partial charge in [0.1, 0.15) is 5.25 Å². The maximum atomic E-state index is 13.2. The number of carbonyl (C=O) groups excluding carboxylic acids is 2. The Morgan fingerprint density at radius 1 is 1.14 bits per heavy atom. The first-order valence-electron chi connectivity index (χ1n) is 11.5. The molecule has 1 unspecified atom stereocenters. The minimum Gasteiger partial charge on any atom is -0.325 e. The molecule has 10 heteroatoms. The van der Waals surface area contributed by atoms with Gasteiger partial charge >= 0.3 is 6.18 Å². The summed E-state index contributed by atoms with van der Waals surface area (Å²) in [6.45, 7) is 2.53. The van der Waals surface area contributed by atoms with Crippen molar-refractivity contribution < 1.29 is 22.8 Å². The number of hydrogen-bond acceptors (Lipinski definition) is 4. The third-order valence-electron chi connectivity index (χ3n) is 5.41. The van der Waals surface area contributed by atoms with Crippen molar-refractivity contribution in [3.8, 4) is 0 Å². The van der Waals surface area contributed by atoms with Gasteiger partial charge in [-0.05, 0) is 42.8 Å². The molecule has 35 heavy (non-hydrogen) atoms. The Morgan fingerprint density at radius 2 is 1.89 bits per heavy atom. The number of halogens is 4. The summed E-state index contributed by atoms with van der Waals surface area (Å²) in [5.41, 5.74) is -0.159. The van der Waals surface area contributed by atoms with Gasteiger partial charge in [-0.2, -0.15) is 13.2 Å². The van der Waals surface area contributed by atoms with Gasteiger partial charge < -0.3 is 5.32 Å². The van der Waals surface area contributed by atoms with Gasteiger partial charge in [-0.15, -0.1) is 0 Å². The molecule has 2 amide bonds. The summed E-state index contributed by atoms with van der Waals surface area (Å²) in [6.07, 6.45) is 0.414. The van der Waals surface area contributed by atoms with Crippen LogP contribution in [0.15, 0.2) is 58.0 Å². The zero-order valence-corrected chi connectivity index (χ0v) is 21.7. The molecule has 0 spiro atoms. The van der Waals surface area contributed by atoms with Crippen LogP contribution in [0.5, 0.6) is 0 Å². The molecule has 0 aromatic heterocycles. The number of aliphatic imine (C=N–C) groups is 1. The Morgan fingerprint density at radius 3 is 2.60 bits per heavy atom. The molecule has 188 valence electrons. The lowest BCUT2D eigenvalue weighted by atomic mass is 10.1. The Hall–Kier alpha value is -2.33. The molecule has 1 heterocycles. The number of rotatable bonds is 9. The molecule has 1 fully saturated rings. The molecule has 1 aliphatic rings. The average Bonchev–Trinajstić information content (AvgIpc) is 2.80. The molecular formula is C25H27BrF3N3O2S. The molecule has 1 atom stereocenters. The summed E-state index contributed by atoms with van der Waals surface area (Å²) in [7, 11) is 0. The maximum Gasteiger partial charge on any atom is 0.416 e. The lowest BCUT2D eigenvalue weighted by molar-refractivity contribution is -0.137. The van der Waals surface area contributed by atoms with Crippen molar-refractivity contribution in [1.82, 2.24) is 4.90 Å². The van der Waals surface area contributed by atoms with E-state index in [1.165, 1.54) is 17.0 Å². The van der Waals surface area contributed by atoms with E-state index in [-0.39, 0.29) is 29.1 Å². The van der Waals surface area contributed by atoms with Crippen molar-refractivity contribution in [3.63, 3.8) is 0 Å². The number of hydrogen-bond donors (Lipinski definition) is 1. The number of thioether (sulfide) groups is 1. The summed E-state index contributed by atoms with van der Waals surface area (Å²) in [6, 6.07) is 11.7. The van der Waals surface area contributed by atoms with Crippen LogP contribution in [0.4, 0.5) is 24.5 Å². The zero-order chi connectivity index (χ0) is 25.4. The Kier molecular flexibility index (Phi) is 9.80. The largest absolute Gasteiger partial charge is 0.416 e. The third kappa shape index (κ3) is 8.10. The van der Waals surface area contributed by atoms with E-state index in [4.69, 9.17) is 0 Å². The van der Waals surface area contributed by atoms with Crippen LogP contribution >= 0.6 is 27.7 Å². The number of nitrogens with one attached hydrogen (secondary N) is 1. The van der Waals surface area contributed by atoms with Crippen LogP contribution in [0.2, 0.25) is 0 Å². The molecule has 1 aliphatic heterocycles. The van der Waals surface area contributed by atoms with Crippen LogP contribution in [0.1, 0.15) is 51.0 Å². The molecule has 1 saturated heterocycles. The fraction of sp³-hybridized carbons (Fsp3) is 0.400. The van der Waals surface area contributed by atoms with E-state index in [1.54, 1.807) is 18.2 Å². The second-order valence-electron chi connectivity index (χ2n) is 8.21. The van der Waals surface area contributed by atoms with Gasteiger partial charge in [0.15, 0.2) is 5.17 Å². The molecular weight excluding hydrogens is 543 g/mol. The molecule has 0 radical (unpaired) electrons. The first-order chi connectivity index (χ1) is 16.7.